The molecule has 19 heteroatoms. The highest BCUT2D eigenvalue weighted by molar-refractivity contribution is 7.47. The van der Waals surface area contributed by atoms with E-state index in [2.05, 4.69) is 48.5 Å². The molecular formula is C85H166O17P2. The van der Waals surface area contributed by atoms with E-state index in [1.807, 2.05) is 0 Å². The van der Waals surface area contributed by atoms with Gasteiger partial charge in [0.2, 0.25) is 0 Å². The number of aliphatic hydroxyl groups excluding tert-OH is 1. The predicted molar refractivity (Wildman–Crippen MR) is 428 cm³/mol. The van der Waals surface area contributed by atoms with Crippen LogP contribution < -0.4 is 0 Å². The van der Waals surface area contributed by atoms with E-state index >= 15 is 0 Å². The van der Waals surface area contributed by atoms with Crippen molar-refractivity contribution in [3.05, 3.63) is 0 Å². The Labute approximate surface area is 638 Å². The van der Waals surface area contributed by atoms with Crippen molar-refractivity contribution < 1.29 is 80.2 Å². The second-order valence-corrected chi connectivity index (χ2v) is 34.7. The Hall–Kier alpha value is -1.94. The molecule has 0 fully saturated rings. The van der Waals surface area contributed by atoms with Gasteiger partial charge in [-0.1, -0.05) is 395 Å². The second-order valence-electron chi connectivity index (χ2n) is 31.8. The van der Waals surface area contributed by atoms with E-state index in [4.69, 9.17) is 37.0 Å². The molecule has 3 unspecified atom stereocenters. The minimum atomic E-state index is -4.97. The highest BCUT2D eigenvalue weighted by atomic mass is 31.2. The molecule has 0 spiro atoms. The van der Waals surface area contributed by atoms with Crippen LogP contribution in [0.25, 0.3) is 0 Å². The number of ether oxygens (including phenoxy) is 4. The van der Waals surface area contributed by atoms with Crippen molar-refractivity contribution >= 4 is 39.5 Å². The third-order valence-electron chi connectivity index (χ3n) is 20.2. The van der Waals surface area contributed by atoms with Gasteiger partial charge in [-0.3, -0.25) is 37.3 Å². The van der Waals surface area contributed by atoms with Crippen LogP contribution in [0.5, 0.6) is 0 Å². The van der Waals surface area contributed by atoms with Crippen molar-refractivity contribution in [2.24, 2.45) is 17.8 Å². The number of carbonyl (C=O) groups is 4. The average molecular weight is 1520 g/mol. The molecule has 0 aromatic carbocycles. The van der Waals surface area contributed by atoms with Crippen LogP contribution in [0, 0.1) is 17.8 Å². The Kier molecular flexibility index (Phi) is 73.7. The summed E-state index contributed by atoms with van der Waals surface area (Å²) in [4.78, 5) is 73.2. The molecule has 0 aromatic heterocycles. The van der Waals surface area contributed by atoms with E-state index < -0.39 is 97.5 Å². The quantitative estimate of drug-likeness (QED) is 0.0222. The lowest BCUT2D eigenvalue weighted by molar-refractivity contribution is -0.161. The molecule has 0 amide bonds. The summed E-state index contributed by atoms with van der Waals surface area (Å²) in [7, 11) is -9.93. The predicted octanol–water partition coefficient (Wildman–Crippen LogP) is 25.7. The molecule has 104 heavy (non-hydrogen) atoms. The maximum absolute atomic E-state index is 13.1. The topological polar surface area (TPSA) is 237 Å². The summed E-state index contributed by atoms with van der Waals surface area (Å²) < 4.78 is 68.9. The van der Waals surface area contributed by atoms with E-state index in [9.17, 15) is 43.2 Å². The van der Waals surface area contributed by atoms with Gasteiger partial charge in [0.1, 0.15) is 19.3 Å². The summed E-state index contributed by atoms with van der Waals surface area (Å²) in [5.41, 5.74) is 0. The van der Waals surface area contributed by atoms with Gasteiger partial charge in [0.25, 0.3) is 0 Å². The lowest BCUT2D eigenvalue weighted by Gasteiger charge is -2.21. The van der Waals surface area contributed by atoms with Gasteiger partial charge in [-0.25, -0.2) is 9.13 Å². The molecule has 17 nitrogen and oxygen atoms in total. The van der Waals surface area contributed by atoms with Crippen molar-refractivity contribution in [1.82, 2.24) is 0 Å². The van der Waals surface area contributed by atoms with E-state index in [-0.39, 0.29) is 25.7 Å². The molecule has 0 rings (SSSR count). The SMILES string of the molecule is CCCCCCCCCCCCC(=O)OC[C@H](COP(=O)(O)OC[C@H](O)COP(=O)(O)OC[C@@H](COC(=O)CCCCCCCCCCCCCCCCCC(C)C)OC(=O)CCCCCCCCCCCCCCCCCC(C)C)OC(=O)CCCCCCCCCCCCCCCCC(C)CC. The van der Waals surface area contributed by atoms with Gasteiger partial charge in [-0.2, -0.15) is 0 Å². The maximum Gasteiger partial charge on any atom is 0.472 e. The van der Waals surface area contributed by atoms with Crippen molar-refractivity contribution in [3.8, 4) is 0 Å². The fraction of sp³-hybridized carbons (Fsp3) is 0.953. The molecule has 6 atom stereocenters. The lowest BCUT2D eigenvalue weighted by atomic mass is 9.99. The van der Waals surface area contributed by atoms with E-state index in [1.165, 1.54) is 257 Å². The average Bonchev–Trinajstić information content (AvgIpc) is 0.915. The standard InChI is InChI=1S/C85H166O17P2/c1-8-10-11-12-13-14-38-45-52-59-66-82(87)95-72-80(101-85(90)69-62-55-48-41-34-28-22-21-25-31-37-44-51-58-65-78(7)9-2)74-99-103(91,92)97-70-79(86)71-98-104(93,94)100-75-81(102-84(89)68-61-54-47-40-33-27-20-16-18-24-30-36-43-50-57-64-77(5)6)73-96-83(88)67-60-53-46-39-32-26-19-15-17-23-29-35-42-49-56-63-76(3)4/h76-81,86H,8-75H2,1-7H3,(H,91,92)(H,93,94)/t78?,79-,80+,81+/m0/s1. The first-order valence-electron chi connectivity index (χ1n) is 43.9. The highest BCUT2D eigenvalue weighted by Gasteiger charge is 2.30. The van der Waals surface area contributed by atoms with Crippen LogP contribution in [0.15, 0.2) is 0 Å². The molecule has 0 radical (unpaired) electrons. The Morgan fingerprint density at radius 2 is 0.490 bits per heavy atom. The normalized spacial score (nSPS) is 14.2. The van der Waals surface area contributed by atoms with E-state index in [1.54, 1.807) is 0 Å². The zero-order valence-corrected chi connectivity index (χ0v) is 70.3. The molecule has 0 aromatic rings. The monoisotopic (exact) mass is 1520 g/mol. The van der Waals surface area contributed by atoms with Gasteiger partial charge in [0.05, 0.1) is 26.4 Å². The number of unbranched alkanes of at least 4 members (excludes halogenated alkanes) is 50. The Balaban J connectivity index is 5.24. The molecule has 0 saturated carbocycles. The van der Waals surface area contributed by atoms with Crippen LogP contribution in [0.3, 0.4) is 0 Å². The zero-order valence-electron chi connectivity index (χ0n) is 68.5. The van der Waals surface area contributed by atoms with Crippen LogP contribution in [0.2, 0.25) is 0 Å². The molecule has 0 aliphatic heterocycles. The molecule has 0 aliphatic rings. The third-order valence-corrected chi connectivity index (χ3v) is 22.1. The van der Waals surface area contributed by atoms with Crippen LogP contribution in [0.1, 0.15) is 447 Å². The van der Waals surface area contributed by atoms with Gasteiger partial charge in [-0.05, 0) is 43.4 Å². The summed E-state index contributed by atoms with van der Waals surface area (Å²) in [6.07, 6.45) is 65.1. The van der Waals surface area contributed by atoms with Gasteiger partial charge in [0.15, 0.2) is 12.2 Å². The molecule has 3 N–H and O–H groups in total. The number of carbonyl (C=O) groups excluding carboxylic acids is 4. The Morgan fingerprint density at radius 3 is 0.731 bits per heavy atom. The molecule has 0 aliphatic carbocycles. The molecule has 0 bridgehead atoms. The fourth-order valence-electron chi connectivity index (χ4n) is 13.2. The highest BCUT2D eigenvalue weighted by Crippen LogP contribution is 2.45. The zero-order chi connectivity index (χ0) is 76.5. The summed E-state index contributed by atoms with van der Waals surface area (Å²) in [6, 6.07) is 0. The van der Waals surface area contributed by atoms with Crippen molar-refractivity contribution in [2.75, 3.05) is 39.6 Å². The number of rotatable bonds is 83. The summed E-state index contributed by atoms with van der Waals surface area (Å²) >= 11 is 0. The van der Waals surface area contributed by atoms with Crippen LogP contribution in [-0.2, 0) is 65.4 Å². The number of hydrogen-bond donors (Lipinski definition) is 3. The van der Waals surface area contributed by atoms with Gasteiger partial charge in [-0.15, -0.1) is 0 Å². The third kappa shape index (κ3) is 76.8. The molecular weight excluding hydrogens is 1350 g/mol. The van der Waals surface area contributed by atoms with Crippen LogP contribution >= 0.6 is 15.6 Å². The second kappa shape index (κ2) is 75.1. The fourth-order valence-corrected chi connectivity index (χ4v) is 14.7. The largest absolute Gasteiger partial charge is 0.472 e. The first-order chi connectivity index (χ1) is 50.3. The Bertz CT molecular complexity index is 2010. The summed E-state index contributed by atoms with van der Waals surface area (Å²) in [6.45, 7) is 12.1. The number of phosphoric acid groups is 2. The van der Waals surface area contributed by atoms with Crippen molar-refractivity contribution in [3.63, 3.8) is 0 Å². The van der Waals surface area contributed by atoms with Crippen LogP contribution in [0.4, 0.5) is 0 Å². The molecule has 618 valence electrons. The number of hydrogen-bond acceptors (Lipinski definition) is 15. The summed E-state index contributed by atoms with van der Waals surface area (Å²) in [5.74, 6) is 0.350. The number of esters is 4. The number of aliphatic hydroxyl groups is 1. The van der Waals surface area contributed by atoms with Gasteiger partial charge in [0, 0.05) is 25.7 Å². The van der Waals surface area contributed by atoms with Gasteiger partial charge >= 0.3 is 39.5 Å². The molecule has 0 heterocycles. The first-order valence-corrected chi connectivity index (χ1v) is 46.9. The molecule has 0 saturated heterocycles. The van der Waals surface area contributed by atoms with Crippen molar-refractivity contribution in [1.29, 1.82) is 0 Å². The van der Waals surface area contributed by atoms with E-state index in [0.717, 1.165) is 108 Å². The smallest absolute Gasteiger partial charge is 0.462 e. The lowest BCUT2D eigenvalue weighted by Crippen LogP contribution is -2.30. The minimum Gasteiger partial charge on any atom is -0.462 e. The van der Waals surface area contributed by atoms with E-state index in [0.29, 0.717) is 25.7 Å². The Morgan fingerprint density at radius 1 is 0.279 bits per heavy atom. The number of phosphoric ester groups is 2. The van der Waals surface area contributed by atoms with Gasteiger partial charge < -0.3 is 33.8 Å². The van der Waals surface area contributed by atoms with Crippen molar-refractivity contribution in [2.45, 2.75) is 465 Å². The maximum atomic E-state index is 13.1. The minimum absolute atomic E-state index is 0.108. The summed E-state index contributed by atoms with van der Waals surface area (Å²) in [5, 5.41) is 10.7. The first kappa shape index (κ1) is 102. The van der Waals surface area contributed by atoms with Crippen LogP contribution in [-0.4, -0.2) is 96.7 Å².